The van der Waals surface area contributed by atoms with Crippen molar-refractivity contribution < 1.29 is 4.39 Å². The summed E-state index contributed by atoms with van der Waals surface area (Å²) in [4.78, 5) is 1.01. The van der Waals surface area contributed by atoms with Crippen LogP contribution < -0.4 is 0 Å². The van der Waals surface area contributed by atoms with Crippen LogP contribution in [0.3, 0.4) is 0 Å². The normalized spacial score (nSPS) is 12.8. The molecular weight excluding hydrogens is 390 g/mol. The number of alkyl halides is 1. The molecule has 0 saturated carbocycles. The van der Waals surface area contributed by atoms with Crippen LogP contribution in [0.4, 0.5) is 4.39 Å². The highest BCUT2D eigenvalue weighted by Gasteiger charge is 2.18. The molecule has 17 heavy (non-hydrogen) atoms. The summed E-state index contributed by atoms with van der Waals surface area (Å²) in [6.45, 7) is 2.02. The lowest BCUT2D eigenvalue weighted by molar-refractivity contribution is 0.613. The maximum Gasteiger partial charge on any atom is 0.129 e. The highest BCUT2D eigenvalue weighted by Crippen LogP contribution is 2.39. The van der Waals surface area contributed by atoms with E-state index in [2.05, 4.69) is 31.9 Å². The van der Waals surface area contributed by atoms with Crippen molar-refractivity contribution in [1.82, 2.24) is 0 Å². The van der Waals surface area contributed by atoms with Crippen molar-refractivity contribution in [2.24, 2.45) is 0 Å². The SMILES string of the molecule is Cc1sc(Br)cc1C(Br)c1ccc(Cl)cc1F. The molecule has 0 aliphatic carbocycles. The van der Waals surface area contributed by atoms with Gasteiger partial charge in [0, 0.05) is 15.5 Å². The van der Waals surface area contributed by atoms with E-state index in [1.165, 1.54) is 6.07 Å². The second-order valence-electron chi connectivity index (χ2n) is 3.59. The monoisotopic (exact) mass is 396 g/mol. The van der Waals surface area contributed by atoms with E-state index in [-0.39, 0.29) is 10.6 Å². The molecule has 0 saturated heterocycles. The summed E-state index contributed by atoms with van der Waals surface area (Å²) < 4.78 is 14.8. The second-order valence-corrected chi connectivity index (χ2v) is 7.58. The lowest BCUT2D eigenvalue weighted by Gasteiger charge is -2.11. The Morgan fingerprint density at radius 1 is 1.29 bits per heavy atom. The molecule has 90 valence electrons. The third-order valence-corrected chi connectivity index (χ3v) is 5.23. The number of halogens is 4. The van der Waals surface area contributed by atoms with Crippen molar-refractivity contribution in [3.63, 3.8) is 0 Å². The first-order valence-corrected chi connectivity index (χ1v) is 7.74. The molecule has 5 heteroatoms. The van der Waals surface area contributed by atoms with E-state index in [0.717, 1.165) is 14.2 Å². The Morgan fingerprint density at radius 2 is 2.00 bits per heavy atom. The van der Waals surface area contributed by atoms with Crippen LogP contribution in [0.25, 0.3) is 0 Å². The first kappa shape index (κ1) is 13.5. The van der Waals surface area contributed by atoms with Crippen LogP contribution in [0, 0.1) is 12.7 Å². The first-order chi connectivity index (χ1) is 7.99. The number of hydrogen-bond acceptors (Lipinski definition) is 1. The van der Waals surface area contributed by atoms with Gasteiger partial charge < -0.3 is 0 Å². The van der Waals surface area contributed by atoms with E-state index < -0.39 is 0 Å². The maximum absolute atomic E-state index is 13.8. The van der Waals surface area contributed by atoms with Crippen LogP contribution in [0.5, 0.6) is 0 Å². The van der Waals surface area contributed by atoms with Gasteiger partial charge in [-0.3, -0.25) is 0 Å². The van der Waals surface area contributed by atoms with Crippen molar-refractivity contribution >= 4 is 54.8 Å². The Labute approximate surface area is 125 Å². The van der Waals surface area contributed by atoms with Gasteiger partial charge in [-0.25, -0.2) is 4.39 Å². The summed E-state index contributed by atoms with van der Waals surface area (Å²) in [5, 5.41) is 0.411. The summed E-state index contributed by atoms with van der Waals surface area (Å²) in [7, 11) is 0. The first-order valence-electron chi connectivity index (χ1n) is 4.84. The molecule has 0 aliphatic heterocycles. The van der Waals surface area contributed by atoms with Crippen LogP contribution in [0.1, 0.15) is 20.8 Å². The molecule has 0 bridgehead atoms. The predicted octanol–water partition coefficient (Wildman–Crippen LogP) is 6.10. The fraction of sp³-hybridized carbons (Fsp3) is 0.167. The van der Waals surface area contributed by atoms with Gasteiger partial charge in [0.2, 0.25) is 0 Å². The number of aryl methyl sites for hydroxylation is 1. The zero-order valence-electron chi connectivity index (χ0n) is 8.81. The molecule has 0 nitrogen and oxygen atoms in total. The lowest BCUT2D eigenvalue weighted by atomic mass is 10.1. The van der Waals surface area contributed by atoms with Crippen molar-refractivity contribution in [2.45, 2.75) is 11.8 Å². The Kier molecular flexibility index (Phi) is 4.29. The summed E-state index contributed by atoms with van der Waals surface area (Å²) in [5.41, 5.74) is 1.67. The van der Waals surface area contributed by atoms with Crippen LogP contribution in [0.2, 0.25) is 5.02 Å². The average molecular weight is 399 g/mol. The van der Waals surface area contributed by atoms with E-state index >= 15 is 0 Å². The zero-order chi connectivity index (χ0) is 12.6. The molecule has 1 atom stereocenters. The molecule has 1 unspecified atom stereocenters. The van der Waals surface area contributed by atoms with E-state index in [9.17, 15) is 4.39 Å². The average Bonchev–Trinajstić information content (AvgIpc) is 2.57. The van der Waals surface area contributed by atoms with Crippen molar-refractivity contribution in [1.29, 1.82) is 0 Å². The van der Waals surface area contributed by atoms with E-state index in [4.69, 9.17) is 11.6 Å². The smallest absolute Gasteiger partial charge is 0.129 e. The van der Waals surface area contributed by atoms with Crippen LogP contribution in [-0.2, 0) is 0 Å². The molecule has 0 spiro atoms. The number of rotatable bonds is 2. The van der Waals surface area contributed by atoms with Gasteiger partial charge in [-0.15, -0.1) is 11.3 Å². The van der Waals surface area contributed by atoms with Crippen LogP contribution in [0.15, 0.2) is 28.1 Å². The fourth-order valence-corrected chi connectivity index (χ4v) is 4.49. The molecule has 0 aliphatic rings. The quantitative estimate of drug-likeness (QED) is 0.537. The molecule has 1 aromatic carbocycles. The standard InChI is InChI=1S/C12H8Br2ClFS/c1-6-9(5-11(13)17-6)12(14)8-3-2-7(15)4-10(8)16/h2-5,12H,1H3. The van der Waals surface area contributed by atoms with Gasteiger partial charge in [0.05, 0.1) is 8.61 Å². The van der Waals surface area contributed by atoms with Crippen molar-refractivity contribution in [2.75, 3.05) is 0 Å². The summed E-state index contributed by atoms with van der Waals surface area (Å²) >= 11 is 14.4. The van der Waals surface area contributed by atoms with Crippen molar-refractivity contribution in [3.05, 3.63) is 54.9 Å². The summed E-state index contributed by atoms with van der Waals surface area (Å²) in [5.74, 6) is -0.291. The van der Waals surface area contributed by atoms with Crippen LogP contribution in [-0.4, -0.2) is 0 Å². The fourth-order valence-electron chi connectivity index (χ4n) is 1.58. The Bertz CT molecular complexity index is 553. The molecule has 0 fully saturated rings. The molecular formula is C12H8Br2ClFS. The minimum absolute atomic E-state index is 0.151. The number of benzene rings is 1. The van der Waals surface area contributed by atoms with Crippen LogP contribution >= 0.6 is 54.8 Å². The number of thiophene rings is 1. The minimum Gasteiger partial charge on any atom is -0.207 e. The zero-order valence-corrected chi connectivity index (χ0v) is 13.6. The van der Waals surface area contributed by atoms with E-state index in [1.807, 2.05) is 13.0 Å². The summed E-state index contributed by atoms with van der Waals surface area (Å²) in [6, 6.07) is 6.75. The third-order valence-electron chi connectivity index (χ3n) is 2.43. The molecule has 0 amide bonds. The van der Waals surface area contributed by atoms with Gasteiger partial charge in [0.1, 0.15) is 5.82 Å². The Morgan fingerprint density at radius 3 is 2.53 bits per heavy atom. The molecule has 0 radical (unpaired) electrons. The van der Waals surface area contributed by atoms with Gasteiger partial charge in [-0.1, -0.05) is 33.6 Å². The maximum atomic E-state index is 13.8. The topological polar surface area (TPSA) is 0 Å². The van der Waals surface area contributed by atoms with Gasteiger partial charge in [-0.05, 0) is 46.6 Å². The lowest BCUT2D eigenvalue weighted by Crippen LogP contribution is -1.96. The Balaban J connectivity index is 2.43. The van der Waals surface area contributed by atoms with Crippen molar-refractivity contribution in [3.8, 4) is 0 Å². The molecule has 0 N–H and O–H groups in total. The predicted molar refractivity (Wildman–Crippen MR) is 78.9 cm³/mol. The van der Waals surface area contributed by atoms with E-state index in [0.29, 0.717) is 10.6 Å². The van der Waals surface area contributed by atoms with Gasteiger partial charge >= 0.3 is 0 Å². The largest absolute Gasteiger partial charge is 0.207 e. The van der Waals surface area contributed by atoms with Gasteiger partial charge in [0.25, 0.3) is 0 Å². The van der Waals surface area contributed by atoms with Gasteiger partial charge in [0.15, 0.2) is 0 Å². The molecule has 2 rings (SSSR count). The number of hydrogen-bond donors (Lipinski definition) is 0. The Hall–Kier alpha value is 0.1000. The van der Waals surface area contributed by atoms with E-state index in [1.54, 1.807) is 23.5 Å². The molecule has 1 heterocycles. The third kappa shape index (κ3) is 2.92. The van der Waals surface area contributed by atoms with Gasteiger partial charge in [-0.2, -0.15) is 0 Å². The second kappa shape index (κ2) is 5.39. The minimum atomic E-state index is -0.291. The molecule has 1 aromatic heterocycles. The summed E-state index contributed by atoms with van der Waals surface area (Å²) in [6.07, 6.45) is 0. The highest BCUT2D eigenvalue weighted by molar-refractivity contribution is 9.11. The highest BCUT2D eigenvalue weighted by atomic mass is 79.9. The molecule has 2 aromatic rings.